The summed E-state index contributed by atoms with van der Waals surface area (Å²) in [5.74, 6) is -0.366. The van der Waals surface area contributed by atoms with Crippen LogP contribution in [0.3, 0.4) is 0 Å². The molecule has 3 heteroatoms. The summed E-state index contributed by atoms with van der Waals surface area (Å²) in [7, 11) is 0. The Morgan fingerprint density at radius 2 is 2.27 bits per heavy atom. The van der Waals surface area contributed by atoms with Crippen LogP contribution in [0, 0.1) is 0 Å². The Labute approximate surface area is 66.0 Å². The van der Waals surface area contributed by atoms with Crippen molar-refractivity contribution in [2.75, 3.05) is 13.2 Å². The minimum absolute atomic E-state index is 0.0207. The molecule has 0 spiro atoms. The lowest BCUT2D eigenvalue weighted by Crippen LogP contribution is -1.98. The number of aliphatic hydroxyl groups excluding tert-OH is 1. The molecule has 0 radical (unpaired) electrons. The van der Waals surface area contributed by atoms with Crippen molar-refractivity contribution in [1.82, 2.24) is 0 Å². The largest absolute Gasteiger partial charge is 0.463 e. The highest BCUT2D eigenvalue weighted by atomic mass is 16.5. The molecule has 0 aliphatic heterocycles. The van der Waals surface area contributed by atoms with Crippen LogP contribution in [-0.4, -0.2) is 24.3 Å². The molecule has 0 rings (SSSR count). The predicted molar refractivity (Wildman–Crippen MR) is 42.0 cm³/mol. The molecule has 0 aromatic carbocycles. The van der Waals surface area contributed by atoms with Crippen LogP contribution in [-0.2, 0) is 9.53 Å². The number of aliphatic hydroxyl groups is 1. The van der Waals surface area contributed by atoms with E-state index in [0.717, 1.165) is 0 Å². The molecule has 11 heavy (non-hydrogen) atoms. The smallest absolute Gasteiger partial charge is 0.330 e. The summed E-state index contributed by atoms with van der Waals surface area (Å²) in [6.45, 7) is 2.11. The van der Waals surface area contributed by atoms with Crippen molar-refractivity contribution in [3.05, 3.63) is 24.3 Å². The summed E-state index contributed by atoms with van der Waals surface area (Å²) in [6.07, 6.45) is 5.93. The number of hydrogen-bond donors (Lipinski definition) is 1. The van der Waals surface area contributed by atoms with E-state index in [1.54, 1.807) is 13.0 Å². The molecule has 0 saturated carbocycles. The van der Waals surface area contributed by atoms with Gasteiger partial charge in [0.2, 0.25) is 0 Å². The fourth-order valence-electron chi connectivity index (χ4n) is 0.464. The molecule has 0 fully saturated rings. The van der Waals surface area contributed by atoms with Crippen molar-refractivity contribution in [2.45, 2.75) is 6.92 Å². The summed E-state index contributed by atoms with van der Waals surface area (Å²) in [6, 6.07) is 0. The van der Waals surface area contributed by atoms with Crippen molar-refractivity contribution in [1.29, 1.82) is 0 Å². The first kappa shape index (κ1) is 9.91. The summed E-state index contributed by atoms with van der Waals surface area (Å²) in [5, 5.41) is 8.30. The van der Waals surface area contributed by atoms with Gasteiger partial charge in [-0.25, -0.2) is 4.79 Å². The van der Waals surface area contributed by atoms with Gasteiger partial charge in [-0.15, -0.1) is 0 Å². The van der Waals surface area contributed by atoms with Crippen molar-refractivity contribution in [3.8, 4) is 0 Å². The second kappa shape index (κ2) is 7.02. The Balaban J connectivity index is 3.56. The minimum Gasteiger partial charge on any atom is -0.463 e. The summed E-state index contributed by atoms with van der Waals surface area (Å²) >= 11 is 0. The molecule has 1 N–H and O–H groups in total. The molecule has 0 atom stereocenters. The molecule has 0 amide bonds. The van der Waals surface area contributed by atoms with E-state index < -0.39 is 0 Å². The maximum atomic E-state index is 10.6. The zero-order valence-corrected chi connectivity index (χ0v) is 6.49. The van der Waals surface area contributed by atoms with E-state index >= 15 is 0 Å². The lowest BCUT2D eigenvalue weighted by Gasteiger charge is -1.92. The molecule has 0 heterocycles. The monoisotopic (exact) mass is 156 g/mol. The van der Waals surface area contributed by atoms with Gasteiger partial charge in [0.25, 0.3) is 0 Å². The van der Waals surface area contributed by atoms with Crippen LogP contribution in [0.15, 0.2) is 24.3 Å². The third-order valence-electron chi connectivity index (χ3n) is 0.872. The molecule has 0 aliphatic rings. The van der Waals surface area contributed by atoms with E-state index in [2.05, 4.69) is 4.74 Å². The van der Waals surface area contributed by atoms with Gasteiger partial charge in [-0.1, -0.05) is 18.2 Å². The van der Waals surface area contributed by atoms with Gasteiger partial charge in [0, 0.05) is 6.08 Å². The van der Waals surface area contributed by atoms with Gasteiger partial charge in [-0.3, -0.25) is 0 Å². The summed E-state index contributed by atoms with van der Waals surface area (Å²) < 4.78 is 4.60. The van der Waals surface area contributed by atoms with E-state index in [-0.39, 0.29) is 12.6 Å². The van der Waals surface area contributed by atoms with Gasteiger partial charge in [0.05, 0.1) is 13.2 Å². The van der Waals surface area contributed by atoms with Crippen LogP contribution in [0.5, 0.6) is 0 Å². The van der Waals surface area contributed by atoms with E-state index in [1.165, 1.54) is 18.2 Å². The second-order valence-electron chi connectivity index (χ2n) is 1.72. The molecule has 0 unspecified atom stereocenters. The Hall–Kier alpha value is -1.09. The molecule has 0 aromatic heterocycles. The number of rotatable bonds is 4. The third-order valence-corrected chi connectivity index (χ3v) is 0.872. The number of hydrogen-bond acceptors (Lipinski definition) is 3. The second-order valence-corrected chi connectivity index (χ2v) is 1.72. The minimum atomic E-state index is -0.366. The highest BCUT2D eigenvalue weighted by molar-refractivity contribution is 5.82. The third kappa shape index (κ3) is 6.80. The van der Waals surface area contributed by atoms with E-state index in [4.69, 9.17) is 5.11 Å². The lowest BCUT2D eigenvalue weighted by atomic mass is 10.4. The summed E-state index contributed by atoms with van der Waals surface area (Å²) in [5.41, 5.74) is 0. The fraction of sp³-hybridized carbons (Fsp3) is 0.375. The Morgan fingerprint density at radius 3 is 2.82 bits per heavy atom. The van der Waals surface area contributed by atoms with Crippen LogP contribution in [0.2, 0.25) is 0 Å². The number of carbonyl (C=O) groups is 1. The van der Waals surface area contributed by atoms with E-state index in [9.17, 15) is 4.79 Å². The highest BCUT2D eigenvalue weighted by Gasteiger charge is 1.89. The van der Waals surface area contributed by atoms with Gasteiger partial charge >= 0.3 is 5.97 Å². The predicted octanol–water partition coefficient (Wildman–Crippen LogP) is 0.654. The van der Waals surface area contributed by atoms with E-state index in [1.807, 2.05) is 0 Å². The quantitative estimate of drug-likeness (QED) is 0.369. The van der Waals surface area contributed by atoms with Crippen molar-refractivity contribution in [3.63, 3.8) is 0 Å². The Kier molecular flexibility index (Phi) is 6.33. The SMILES string of the molecule is CCOC(=O)C=CC=CCO. The highest BCUT2D eigenvalue weighted by Crippen LogP contribution is 1.82. The molecular formula is C8H12O3. The molecule has 0 aliphatic carbocycles. The first-order valence-electron chi connectivity index (χ1n) is 3.42. The normalized spacial score (nSPS) is 11.1. The topological polar surface area (TPSA) is 46.5 Å². The van der Waals surface area contributed by atoms with Crippen molar-refractivity contribution in [2.24, 2.45) is 0 Å². The van der Waals surface area contributed by atoms with Crippen LogP contribution < -0.4 is 0 Å². The first-order chi connectivity index (χ1) is 5.31. The Bertz CT molecular complexity index is 159. The number of carbonyl (C=O) groups excluding carboxylic acids is 1. The maximum Gasteiger partial charge on any atom is 0.330 e. The number of ether oxygens (including phenoxy) is 1. The van der Waals surface area contributed by atoms with Crippen molar-refractivity contribution >= 4 is 5.97 Å². The van der Waals surface area contributed by atoms with Gasteiger partial charge in [-0.05, 0) is 6.92 Å². The zero-order valence-electron chi connectivity index (χ0n) is 6.49. The van der Waals surface area contributed by atoms with Gasteiger partial charge in [0.1, 0.15) is 0 Å². The van der Waals surface area contributed by atoms with Crippen LogP contribution in [0.25, 0.3) is 0 Å². The number of allylic oxidation sites excluding steroid dienone is 2. The molecule has 62 valence electrons. The van der Waals surface area contributed by atoms with Crippen LogP contribution in [0.4, 0.5) is 0 Å². The molecule has 3 nitrogen and oxygen atoms in total. The molecular weight excluding hydrogens is 144 g/mol. The van der Waals surface area contributed by atoms with Gasteiger partial charge in [0.15, 0.2) is 0 Å². The maximum absolute atomic E-state index is 10.6. The summed E-state index contributed by atoms with van der Waals surface area (Å²) in [4.78, 5) is 10.6. The average Bonchev–Trinajstić information content (AvgIpc) is 1.99. The van der Waals surface area contributed by atoms with Gasteiger partial charge < -0.3 is 9.84 Å². The molecule has 0 bridgehead atoms. The van der Waals surface area contributed by atoms with Crippen LogP contribution >= 0.6 is 0 Å². The van der Waals surface area contributed by atoms with Crippen molar-refractivity contribution < 1.29 is 14.6 Å². The fourth-order valence-corrected chi connectivity index (χ4v) is 0.464. The zero-order chi connectivity index (χ0) is 8.53. The van der Waals surface area contributed by atoms with Gasteiger partial charge in [-0.2, -0.15) is 0 Å². The molecule has 0 saturated heterocycles. The first-order valence-corrected chi connectivity index (χ1v) is 3.42. The standard InChI is InChI=1S/C8H12O3/c1-2-11-8(10)6-4-3-5-7-9/h3-6,9H,2,7H2,1H3. The number of esters is 1. The van der Waals surface area contributed by atoms with Crippen LogP contribution in [0.1, 0.15) is 6.92 Å². The average molecular weight is 156 g/mol. The van der Waals surface area contributed by atoms with E-state index in [0.29, 0.717) is 6.61 Å². The lowest BCUT2D eigenvalue weighted by molar-refractivity contribution is -0.137. The Morgan fingerprint density at radius 1 is 1.55 bits per heavy atom. The molecule has 0 aromatic rings.